The monoisotopic (exact) mass is 372 g/mol. The van der Waals surface area contributed by atoms with Crippen molar-refractivity contribution in [2.45, 2.75) is 85.5 Å². The van der Waals surface area contributed by atoms with Crippen molar-refractivity contribution in [2.24, 2.45) is 34.5 Å². The molecular formula is C24H40OSi. The average molecular weight is 373 g/mol. The van der Waals surface area contributed by atoms with Crippen molar-refractivity contribution in [1.29, 1.82) is 0 Å². The van der Waals surface area contributed by atoms with Crippen LogP contribution in [0.15, 0.2) is 18.4 Å². The maximum Gasteiger partial charge on any atom is 0.192 e. The maximum atomic E-state index is 7.09. The number of terminal acetylenes is 1. The van der Waals surface area contributed by atoms with Gasteiger partial charge in [0.15, 0.2) is 8.32 Å². The van der Waals surface area contributed by atoms with E-state index in [9.17, 15) is 0 Å². The van der Waals surface area contributed by atoms with Crippen LogP contribution >= 0.6 is 0 Å². The summed E-state index contributed by atoms with van der Waals surface area (Å²) in [5, 5.41) is 0.183. The molecule has 6 atom stereocenters. The van der Waals surface area contributed by atoms with Crippen LogP contribution in [0.5, 0.6) is 0 Å². The SMILES string of the molecule is C#C[C@@]1(C)CC[C@@H]2[C@H]([C@@H]1[C@H](O[Si](C)(C)C(C)(C)C)[C@H](C)C=C=C)C2(C)C. The first-order chi connectivity index (χ1) is 11.7. The van der Waals surface area contributed by atoms with Crippen LogP contribution in [0.1, 0.15) is 61.3 Å². The van der Waals surface area contributed by atoms with Gasteiger partial charge >= 0.3 is 0 Å². The Morgan fingerprint density at radius 1 is 1.27 bits per heavy atom. The van der Waals surface area contributed by atoms with E-state index < -0.39 is 8.32 Å². The number of rotatable bonds is 5. The van der Waals surface area contributed by atoms with E-state index in [4.69, 9.17) is 10.8 Å². The topological polar surface area (TPSA) is 9.23 Å². The van der Waals surface area contributed by atoms with Crippen LogP contribution in [0.25, 0.3) is 0 Å². The van der Waals surface area contributed by atoms with Gasteiger partial charge in [-0.2, -0.15) is 0 Å². The lowest BCUT2D eigenvalue weighted by molar-refractivity contribution is -0.000126. The van der Waals surface area contributed by atoms with Crippen LogP contribution in [-0.4, -0.2) is 14.4 Å². The lowest BCUT2D eigenvalue weighted by atomic mass is 9.63. The molecule has 2 rings (SSSR count). The molecule has 0 aliphatic heterocycles. The van der Waals surface area contributed by atoms with Crippen LogP contribution in [0.2, 0.25) is 18.1 Å². The van der Waals surface area contributed by atoms with Gasteiger partial charge in [-0.15, -0.1) is 12.2 Å². The van der Waals surface area contributed by atoms with Gasteiger partial charge in [0.1, 0.15) is 0 Å². The summed E-state index contributed by atoms with van der Waals surface area (Å²) in [5.41, 5.74) is 3.30. The van der Waals surface area contributed by atoms with E-state index in [1.54, 1.807) is 0 Å². The molecule has 0 aromatic carbocycles. The fourth-order valence-electron chi connectivity index (χ4n) is 5.11. The minimum Gasteiger partial charge on any atom is -0.413 e. The summed E-state index contributed by atoms with van der Waals surface area (Å²) < 4.78 is 7.09. The minimum atomic E-state index is -1.91. The van der Waals surface area contributed by atoms with Gasteiger partial charge in [0.05, 0.1) is 6.10 Å². The average Bonchev–Trinajstić information content (AvgIpc) is 3.06. The highest BCUT2D eigenvalue weighted by Crippen LogP contribution is 2.71. The van der Waals surface area contributed by atoms with Gasteiger partial charge in [-0.05, 0) is 61.2 Å². The second-order valence-corrected chi connectivity index (χ2v) is 15.9. The molecule has 0 N–H and O–H groups in total. The second kappa shape index (κ2) is 6.70. The van der Waals surface area contributed by atoms with E-state index in [-0.39, 0.29) is 22.5 Å². The molecule has 2 aliphatic rings. The summed E-state index contributed by atoms with van der Waals surface area (Å²) in [6.45, 7) is 24.9. The summed E-state index contributed by atoms with van der Waals surface area (Å²) in [7, 11) is -1.91. The van der Waals surface area contributed by atoms with Crippen LogP contribution in [0.4, 0.5) is 0 Å². The molecule has 0 unspecified atom stereocenters. The second-order valence-electron chi connectivity index (χ2n) is 11.2. The third kappa shape index (κ3) is 3.51. The lowest BCUT2D eigenvalue weighted by Crippen LogP contribution is -2.52. The predicted molar refractivity (Wildman–Crippen MR) is 115 cm³/mol. The van der Waals surface area contributed by atoms with Gasteiger partial charge in [-0.25, -0.2) is 0 Å². The molecular weight excluding hydrogens is 332 g/mol. The Morgan fingerprint density at radius 2 is 1.85 bits per heavy atom. The van der Waals surface area contributed by atoms with Gasteiger partial charge in [-0.1, -0.05) is 54.0 Å². The van der Waals surface area contributed by atoms with E-state index in [0.29, 0.717) is 17.3 Å². The Bertz CT molecular complexity index is 626. The quantitative estimate of drug-likeness (QED) is 0.297. The van der Waals surface area contributed by atoms with Crippen molar-refractivity contribution in [3.63, 3.8) is 0 Å². The van der Waals surface area contributed by atoms with Crippen molar-refractivity contribution in [3.05, 3.63) is 18.4 Å². The normalized spacial score (nSPS) is 35.5. The molecule has 0 spiro atoms. The molecule has 26 heavy (non-hydrogen) atoms. The van der Waals surface area contributed by atoms with Gasteiger partial charge in [0.25, 0.3) is 0 Å². The zero-order valence-corrected chi connectivity index (χ0v) is 19.6. The van der Waals surface area contributed by atoms with Crippen molar-refractivity contribution in [3.8, 4) is 12.3 Å². The van der Waals surface area contributed by atoms with Crippen LogP contribution in [0.3, 0.4) is 0 Å². The molecule has 2 aliphatic carbocycles. The third-order valence-corrected chi connectivity index (χ3v) is 12.5. The Labute approximate surface area is 163 Å². The molecule has 0 heterocycles. The van der Waals surface area contributed by atoms with Crippen molar-refractivity contribution in [1.82, 2.24) is 0 Å². The van der Waals surface area contributed by atoms with E-state index >= 15 is 0 Å². The van der Waals surface area contributed by atoms with Crippen LogP contribution < -0.4 is 0 Å². The maximum absolute atomic E-state index is 7.09. The standard InChI is InChI=1S/C24H40OSi/c1-12-14-17(3)21(25-26(10,11)22(4,5)6)20-19-18(23(19,7)8)15-16-24(20,9)13-2/h2,14,17-21H,1,15-16H2,3-11H3/t17-,18-,19-,20-,21-,24+/m1/s1. The Hall–Kier alpha value is -0.743. The molecule has 0 bridgehead atoms. The zero-order chi connectivity index (χ0) is 20.1. The van der Waals surface area contributed by atoms with Gasteiger partial charge in [-0.3, -0.25) is 0 Å². The smallest absolute Gasteiger partial charge is 0.192 e. The molecule has 0 amide bonds. The lowest BCUT2D eigenvalue weighted by Gasteiger charge is -2.48. The number of fused-ring (bicyclic) bond motifs is 1. The third-order valence-electron chi connectivity index (χ3n) is 8.06. The molecule has 0 aromatic rings. The molecule has 1 nitrogen and oxygen atoms in total. The Balaban J connectivity index is 2.49. The summed E-state index contributed by atoms with van der Waals surface area (Å²) in [6.07, 6.45) is 10.7. The molecule has 146 valence electrons. The van der Waals surface area contributed by atoms with Crippen molar-refractivity contribution in [2.75, 3.05) is 0 Å². The van der Waals surface area contributed by atoms with E-state index in [2.05, 4.69) is 85.9 Å². The highest BCUT2D eigenvalue weighted by molar-refractivity contribution is 6.74. The molecule has 2 heteroatoms. The fourth-order valence-corrected chi connectivity index (χ4v) is 6.51. The summed E-state index contributed by atoms with van der Waals surface area (Å²) >= 11 is 0. The summed E-state index contributed by atoms with van der Waals surface area (Å²) in [6, 6.07) is 0. The van der Waals surface area contributed by atoms with Gasteiger partial charge in [0.2, 0.25) is 0 Å². The van der Waals surface area contributed by atoms with Crippen LogP contribution in [0, 0.1) is 46.8 Å². The molecule has 2 saturated carbocycles. The molecule has 2 fully saturated rings. The van der Waals surface area contributed by atoms with E-state index in [1.807, 2.05) is 0 Å². The highest BCUT2D eigenvalue weighted by atomic mass is 28.4. The van der Waals surface area contributed by atoms with E-state index in [0.717, 1.165) is 12.3 Å². The van der Waals surface area contributed by atoms with E-state index in [1.165, 1.54) is 6.42 Å². The van der Waals surface area contributed by atoms with Gasteiger partial charge in [0, 0.05) is 17.3 Å². The molecule has 0 radical (unpaired) electrons. The molecule has 0 aromatic heterocycles. The predicted octanol–water partition coefficient (Wildman–Crippen LogP) is 6.68. The first-order valence-electron chi connectivity index (χ1n) is 10.2. The van der Waals surface area contributed by atoms with Crippen LogP contribution in [-0.2, 0) is 4.43 Å². The van der Waals surface area contributed by atoms with Crippen molar-refractivity contribution >= 4 is 8.32 Å². The fraction of sp³-hybridized carbons (Fsp3) is 0.792. The first-order valence-corrected chi connectivity index (χ1v) is 13.2. The number of hydrogen-bond acceptors (Lipinski definition) is 1. The first kappa shape index (κ1) is 21.6. The van der Waals surface area contributed by atoms with Gasteiger partial charge < -0.3 is 4.43 Å². The summed E-state index contributed by atoms with van der Waals surface area (Å²) in [5.74, 6) is 5.33. The molecule has 0 saturated heterocycles. The minimum absolute atomic E-state index is 0.0920. The Kier molecular flexibility index (Phi) is 5.55. The zero-order valence-electron chi connectivity index (χ0n) is 18.6. The number of hydrogen-bond donors (Lipinski definition) is 0. The summed E-state index contributed by atoms with van der Waals surface area (Å²) in [4.78, 5) is 0. The highest BCUT2D eigenvalue weighted by Gasteiger charge is 2.68. The van der Waals surface area contributed by atoms with Crippen molar-refractivity contribution < 1.29 is 4.43 Å². The Morgan fingerprint density at radius 3 is 2.31 bits per heavy atom. The largest absolute Gasteiger partial charge is 0.413 e.